The molecule has 2 aromatic carbocycles. The van der Waals surface area contributed by atoms with Crippen LogP contribution in [0.4, 0.5) is 0 Å². The Labute approximate surface area is 259 Å². The van der Waals surface area contributed by atoms with Crippen LogP contribution < -0.4 is 30.7 Å². The van der Waals surface area contributed by atoms with Crippen LogP contribution in [-0.4, -0.2) is 92.8 Å². The number of fused-ring (bicyclic) bond motifs is 4. The second-order valence-electron chi connectivity index (χ2n) is 10.6. The van der Waals surface area contributed by atoms with E-state index in [-0.39, 0.29) is 37.4 Å². The largest absolute Gasteiger partial charge is 0.493 e. The van der Waals surface area contributed by atoms with Crippen molar-refractivity contribution in [1.82, 2.24) is 36.3 Å². The van der Waals surface area contributed by atoms with Crippen molar-refractivity contribution in [2.45, 2.75) is 63.8 Å². The Balaban J connectivity index is 1.66. The van der Waals surface area contributed by atoms with E-state index in [0.717, 1.165) is 5.56 Å². The molecule has 0 spiro atoms. The van der Waals surface area contributed by atoms with Gasteiger partial charge in [0.15, 0.2) is 11.5 Å². The Kier molecular flexibility index (Phi) is 11.0. The van der Waals surface area contributed by atoms with Crippen molar-refractivity contribution in [2.75, 3.05) is 13.7 Å². The van der Waals surface area contributed by atoms with E-state index in [1.807, 2.05) is 6.07 Å². The van der Waals surface area contributed by atoms with Crippen molar-refractivity contribution < 1.29 is 38.9 Å². The first kappa shape index (κ1) is 32.9. The number of benzene rings is 2. The van der Waals surface area contributed by atoms with Crippen LogP contribution >= 0.6 is 0 Å². The predicted molar refractivity (Wildman–Crippen MR) is 159 cm³/mol. The van der Waals surface area contributed by atoms with Gasteiger partial charge in [-0.2, -0.15) is 0 Å². The third kappa shape index (κ3) is 8.77. The number of nitrogens with one attached hydrogen (secondary N) is 4. The van der Waals surface area contributed by atoms with Gasteiger partial charge in [0, 0.05) is 18.5 Å². The van der Waals surface area contributed by atoms with Crippen LogP contribution in [0, 0.1) is 0 Å². The fourth-order valence-electron chi connectivity index (χ4n) is 4.61. The van der Waals surface area contributed by atoms with Crippen LogP contribution in [0.15, 0.2) is 54.7 Å². The van der Waals surface area contributed by atoms with Crippen molar-refractivity contribution >= 4 is 23.6 Å². The van der Waals surface area contributed by atoms with Gasteiger partial charge >= 0.3 is 0 Å². The highest BCUT2D eigenvalue weighted by Crippen LogP contribution is 2.29. The minimum Gasteiger partial charge on any atom is -0.493 e. The van der Waals surface area contributed by atoms with Gasteiger partial charge in [-0.05, 0) is 37.6 Å². The molecule has 15 heteroatoms. The number of aliphatic hydroxyl groups excluding tert-OH is 2. The first-order valence-electron chi connectivity index (χ1n) is 14.3. The molecule has 45 heavy (non-hydrogen) atoms. The van der Waals surface area contributed by atoms with Gasteiger partial charge in [0.1, 0.15) is 30.4 Å². The topological polar surface area (TPSA) is 206 Å². The number of carbonyl (C=O) groups is 4. The minimum absolute atomic E-state index is 0.0155. The van der Waals surface area contributed by atoms with Gasteiger partial charge in [-0.15, -0.1) is 5.10 Å². The lowest BCUT2D eigenvalue weighted by Gasteiger charge is -2.27. The van der Waals surface area contributed by atoms with Crippen LogP contribution in [-0.2, 0) is 34.0 Å². The van der Waals surface area contributed by atoms with Crippen LogP contribution in [0.25, 0.3) is 0 Å². The van der Waals surface area contributed by atoms with Gasteiger partial charge < -0.3 is 41.0 Å². The van der Waals surface area contributed by atoms with E-state index in [1.54, 1.807) is 30.5 Å². The molecule has 0 radical (unpaired) electrons. The standard InChI is InChI=1S/C30H37N7O8/c1-17(38)25-29(42)32-22(13-19-7-5-4-6-8-19)28(41)31-11-12-37-15-21(35-36-37)16-45-24-14-20(9-10-23(24)44-3)27(40)33-26(18(2)39)30(43)34-25/h4-10,14-15,17-18,22,25-26,38-39H,11-13,16H2,1-3H3,(H,31,41)(H,32,42)(H,33,40)(H,34,43)/t17-,18-,22+,25+,26+/m1/s1. The highest BCUT2D eigenvalue weighted by Gasteiger charge is 2.34. The average Bonchev–Trinajstić information content (AvgIpc) is 3.47. The third-order valence-electron chi connectivity index (χ3n) is 7.06. The summed E-state index contributed by atoms with van der Waals surface area (Å²) >= 11 is 0. The van der Waals surface area contributed by atoms with Crippen LogP contribution in [0.5, 0.6) is 11.5 Å². The van der Waals surface area contributed by atoms with Crippen LogP contribution in [0.2, 0.25) is 0 Å². The Hall–Kier alpha value is -5.02. The van der Waals surface area contributed by atoms with E-state index in [9.17, 15) is 29.4 Å². The molecule has 15 nitrogen and oxygen atoms in total. The summed E-state index contributed by atoms with van der Waals surface area (Å²) in [5.74, 6) is -2.45. The Morgan fingerprint density at radius 3 is 2.33 bits per heavy atom. The van der Waals surface area contributed by atoms with Gasteiger partial charge in [-0.1, -0.05) is 35.5 Å². The second kappa shape index (κ2) is 15.1. The lowest BCUT2D eigenvalue weighted by Crippen LogP contribution is -2.61. The number of hydrogen-bond donors (Lipinski definition) is 6. The highest BCUT2D eigenvalue weighted by molar-refractivity contribution is 5.99. The molecule has 1 aromatic heterocycles. The third-order valence-corrected chi connectivity index (χ3v) is 7.06. The fourth-order valence-corrected chi connectivity index (χ4v) is 4.61. The SMILES string of the molecule is COc1ccc2cc1OCc1cn(nn1)CCNC(=O)[C@H](Cc1ccccc1)NC(=O)[C@H]([C@@H](C)O)NC(=O)[C@H]([C@@H](C)O)NC2=O. The zero-order chi connectivity index (χ0) is 32.5. The number of amides is 4. The lowest BCUT2D eigenvalue weighted by atomic mass is 10.0. The normalized spacial score (nSPS) is 21.5. The molecule has 0 fully saturated rings. The summed E-state index contributed by atoms with van der Waals surface area (Å²) < 4.78 is 12.7. The minimum atomic E-state index is -1.52. The van der Waals surface area contributed by atoms with E-state index < -0.39 is 54.0 Å². The molecule has 1 aliphatic rings. The molecule has 4 amide bonds. The summed E-state index contributed by atoms with van der Waals surface area (Å²) in [4.78, 5) is 53.1. The average molecular weight is 624 g/mol. The number of nitrogens with zero attached hydrogens (tertiary/aromatic N) is 3. The Morgan fingerprint density at radius 1 is 0.956 bits per heavy atom. The van der Waals surface area contributed by atoms with Gasteiger partial charge in [0.05, 0.1) is 32.1 Å². The molecule has 4 rings (SSSR count). The molecule has 5 atom stereocenters. The van der Waals surface area contributed by atoms with Crippen LogP contribution in [0.1, 0.15) is 35.5 Å². The maximum absolute atomic E-state index is 13.4. The number of hydrogen-bond acceptors (Lipinski definition) is 10. The molecule has 4 bridgehead atoms. The zero-order valence-electron chi connectivity index (χ0n) is 25.1. The molecule has 2 heterocycles. The molecule has 0 unspecified atom stereocenters. The summed E-state index contributed by atoms with van der Waals surface area (Å²) in [6.07, 6.45) is -1.03. The second-order valence-corrected chi connectivity index (χ2v) is 10.6. The van der Waals surface area contributed by atoms with Crippen molar-refractivity contribution in [3.05, 3.63) is 71.5 Å². The predicted octanol–water partition coefficient (Wildman–Crippen LogP) is -0.932. The quantitative estimate of drug-likeness (QED) is 0.206. The van der Waals surface area contributed by atoms with E-state index in [2.05, 4.69) is 31.6 Å². The maximum atomic E-state index is 13.4. The monoisotopic (exact) mass is 623 g/mol. The molecule has 240 valence electrons. The molecule has 1 aliphatic heterocycles. The molecule has 6 N–H and O–H groups in total. The van der Waals surface area contributed by atoms with E-state index in [1.165, 1.54) is 43.8 Å². The number of ether oxygens (including phenoxy) is 2. The lowest BCUT2D eigenvalue weighted by molar-refractivity contribution is -0.135. The summed E-state index contributed by atoms with van der Waals surface area (Å²) in [5, 5.41) is 39.3. The van der Waals surface area contributed by atoms with Crippen LogP contribution in [0.3, 0.4) is 0 Å². The summed E-state index contributed by atoms with van der Waals surface area (Å²) in [5.41, 5.74) is 1.32. The fraction of sp³-hybridized carbons (Fsp3) is 0.400. The molecular formula is C30H37N7O8. The van der Waals surface area contributed by atoms with Gasteiger partial charge in [-0.3, -0.25) is 23.9 Å². The van der Waals surface area contributed by atoms with E-state index in [0.29, 0.717) is 11.4 Å². The summed E-state index contributed by atoms with van der Waals surface area (Å²) in [6, 6.07) is 9.28. The summed E-state index contributed by atoms with van der Waals surface area (Å²) in [7, 11) is 1.44. The van der Waals surface area contributed by atoms with Gasteiger partial charge in [-0.25, -0.2) is 0 Å². The van der Waals surface area contributed by atoms with Crippen molar-refractivity contribution in [1.29, 1.82) is 0 Å². The first-order chi connectivity index (χ1) is 21.5. The Morgan fingerprint density at radius 2 is 1.64 bits per heavy atom. The van der Waals surface area contributed by atoms with Crippen molar-refractivity contribution in [2.24, 2.45) is 0 Å². The number of carbonyl (C=O) groups excluding carboxylic acids is 4. The van der Waals surface area contributed by atoms with Crippen molar-refractivity contribution in [3.8, 4) is 11.5 Å². The number of aromatic nitrogens is 3. The molecule has 0 saturated carbocycles. The Bertz CT molecular complexity index is 1490. The summed E-state index contributed by atoms with van der Waals surface area (Å²) in [6.45, 7) is 2.98. The molecule has 3 aromatic rings. The molecule has 0 saturated heterocycles. The number of aliphatic hydroxyl groups is 2. The van der Waals surface area contributed by atoms with Gasteiger partial charge in [0.2, 0.25) is 17.7 Å². The van der Waals surface area contributed by atoms with E-state index in [4.69, 9.17) is 9.47 Å². The highest BCUT2D eigenvalue weighted by atomic mass is 16.5. The van der Waals surface area contributed by atoms with E-state index >= 15 is 0 Å². The number of rotatable bonds is 5. The maximum Gasteiger partial charge on any atom is 0.252 e. The first-order valence-corrected chi connectivity index (χ1v) is 14.3. The number of methoxy groups -OCH3 is 1. The molecule has 0 aliphatic carbocycles. The zero-order valence-corrected chi connectivity index (χ0v) is 25.1. The molecular weight excluding hydrogens is 586 g/mol. The smallest absolute Gasteiger partial charge is 0.252 e. The van der Waals surface area contributed by atoms with Gasteiger partial charge in [0.25, 0.3) is 5.91 Å². The van der Waals surface area contributed by atoms with Crippen molar-refractivity contribution in [3.63, 3.8) is 0 Å².